The molecular weight excluding hydrogens is 216 g/mol. The van der Waals surface area contributed by atoms with Crippen LogP contribution in [0.1, 0.15) is 19.3 Å². The SMILES string of the molecule is CS(=O)(=O)CCCNC(=O)[C@H]1CCCN1. The highest BCUT2D eigenvalue weighted by Crippen LogP contribution is 2.04. The van der Waals surface area contributed by atoms with Gasteiger partial charge in [0.2, 0.25) is 5.91 Å². The predicted molar refractivity (Wildman–Crippen MR) is 58.4 cm³/mol. The van der Waals surface area contributed by atoms with E-state index in [0.717, 1.165) is 19.4 Å². The van der Waals surface area contributed by atoms with Crippen molar-refractivity contribution in [2.75, 3.05) is 25.1 Å². The minimum Gasteiger partial charge on any atom is -0.355 e. The quantitative estimate of drug-likeness (QED) is 0.616. The van der Waals surface area contributed by atoms with Crippen LogP contribution >= 0.6 is 0 Å². The first-order valence-electron chi connectivity index (χ1n) is 5.18. The van der Waals surface area contributed by atoms with Crippen molar-refractivity contribution >= 4 is 15.7 Å². The molecule has 1 heterocycles. The summed E-state index contributed by atoms with van der Waals surface area (Å²) >= 11 is 0. The Balaban J connectivity index is 2.12. The van der Waals surface area contributed by atoms with Gasteiger partial charge in [-0.1, -0.05) is 0 Å². The van der Waals surface area contributed by atoms with Gasteiger partial charge in [0.1, 0.15) is 9.84 Å². The van der Waals surface area contributed by atoms with Gasteiger partial charge in [0.15, 0.2) is 0 Å². The van der Waals surface area contributed by atoms with Crippen molar-refractivity contribution in [2.24, 2.45) is 0 Å². The summed E-state index contributed by atoms with van der Waals surface area (Å²) in [5, 5.41) is 5.81. The first-order valence-corrected chi connectivity index (χ1v) is 7.24. The van der Waals surface area contributed by atoms with Gasteiger partial charge in [-0.3, -0.25) is 4.79 Å². The van der Waals surface area contributed by atoms with E-state index in [1.165, 1.54) is 6.26 Å². The standard InChI is InChI=1S/C9H18N2O3S/c1-15(13,14)7-3-6-11-9(12)8-4-2-5-10-8/h8,10H,2-7H2,1H3,(H,11,12)/t8-/m1/s1. The molecule has 5 nitrogen and oxygen atoms in total. The van der Waals surface area contributed by atoms with Gasteiger partial charge >= 0.3 is 0 Å². The third-order valence-electron chi connectivity index (χ3n) is 2.37. The molecule has 0 aromatic carbocycles. The van der Waals surface area contributed by atoms with Crippen molar-refractivity contribution in [3.05, 3.63) is 0 Å². The van der Waals surface area contributed by atoms with E-state index in [1.54, 1.807) is 0 Å². The van der Waals surface area contributed by atoms with Crippen LogP contribution in [-0.4, -0.2) is 45.5 Å². The second-order valence-electron chi connectivity index (χ2n) is 3.92. The van der Waals surface area contributed by atoms with Gasteiger partial charge in [-0.25, -0.2) is 8.42 Å². The molecule has 1 saturated heterocycles. The minimum atomic E-state index is -2.91. The topological polar surface area (TPSA) is 75.3 Å². The van der Waals surface area contributed by atoms with Gasteiger partial charge in [-0.05, 0) is 25.8 Å². The second kappa shape index (κ2) is 5.46. The summed E-state index contributed by atoms with van der Waals surface area (Å²) in [4.78, 5) is 11.4. The lowest BCUT2D eigenvalue weighted by Gasteiger charge is -2.10. The molecule has 0 unspecified atom stereocenters. The van der Waals surface area contributed by atoms with Crippen LogP contribution in [0.5, 0.6) is 0 Å². The summed E-state index contributed by atoms with van der Waals surface area (Å²) < 4.78 is 21.6. The summed E-state index contributed by atoms with van der Waals surface area (Å²) in [7, 11) is -2.91. The Kier molecular flexibility index (Phi) is 4.53. The molecule has 0 aliphatic carbocycles. The summed E-state index contributed by atoms with van der Waals surface area (Å²) in [6.45, 7) is 1.32. The Morgan fingerprint density at radius 3 is 2.80 bits per heavy atom. The van der Waals surface area contributed by atoms with Crippen molar-refractivity contribution in [1.29, 1.82) is 0 Å². The normalized spacial score (nSPS) is 21.5. The number of carbonyl (C=O) groups excluding carboxylic acids is 1. The van der Waals surface area contributed by atoms with Crippen LogP contribution in [0.3, 0.4) is 0 Å². The largest absolute Gasteiger partial charge is 0.355 e. The zero-order chi connectivity index (χ0) is 11.3. The van der Waals surface area contributed by atoms with E-state index in [0.29, 0.717) is 13.0 Å². The van der Waals surface area contributed by atoms with Crippen molar-refractivity contribution < 1.29 is 13.2 Å². The summed E-state index contributed by atoms with van der Waals surface area (Å²) in [6, 6.07) is -0.0803. The Hall–Kier alpha value is -0.620. The van der Waals surface area contributed by atoms with Crippen LogP contribution in [0, 0.1) is 0 Å². The zero-order valence-corrected chi connectivity index (χ0v) is 9.77. The van der Waals surface area contributed by atoms with Crippen LogP contribution in [0.25, 0.3) is 0 Å². The first-order chi connectivity index (χ1) is 6.99. The Morgan fingerprint density at radius 2 is 2.27 bits per heavy atom. The Labute approximate surface area is 90.5 Å². The average Bonchev–Trinajstić information content (AvgIpc) is 2.63. The van der Waals surface area contributed by atoms with Crippen LogP contribution in [0.2, 0.25) is 0 Å². The number of rotatable bonds is 5. The smallest absolute Gasteiger partial charge is 0.237 e. The molecular formula is C9H18N2O3S. The molecule has 6 heteroatoms. The second-order valence-corrected chi connectivity index (χ2v) is 6.18. The number of amides is 1. The molecule has 0 saturated carbocycles. The highest BCUT2D eigenvalue weighted by Gasteiger charge is 2.21. The average molecular weight is 234 g/mol. The maximum Gasteiger partial charge on any atom is 0.237 e. The molecule has 88 valence electrons. The van der Waals surface area contributed by atoms with E-state index in [9.17, 15) is 13.2 Å². The summed E-state index contributed by atoms with van der Waals surface area (Å²) in [5.41, 5.74) is 0. The van der Waals surface area contributed by atoms with Crippen molar-refractivity contribution in [1.82, 2.24) is 10.6 Å². The van der Waals surface area contributed by atoms with Gasteiger partial charge in [0.05, 0.1) is 11.8 Å². The van der Waals surface area contributed by atoms with Crippen LogP contribution in [0.4, 0.5) is 0 Å². The van der Waals surface area contributed by atoms with E-state index in [1.807, 2.05) is 0 Å². The fourth-order valence-electron chi connectivity index (χ4n) is 1.58. The van der Waals surface area contributed by atoms with Gasteiger partial charge < -0.3 is 10.6 Å². The van der Waals surface area contributed by atoms with Gasteiger partial charge in [0.25, 0.3) is 0 Å². The molecule has 0 spiro atoms. The predicted octanol–water partition coefficient (Wildman–Crippen LogP) is -0.711. The maximum absolute atomic E-state index is 11.4. The maximum atomic E-state index is 11.4. The van der Waals surface area contributed by atoms with Crippen molar-refractivity contribution in [2.45, 2.75) is 25.3 Å². The number of carbonyl (C=O) groups is 1. The Morgan fingerprint density at radius 1 is 1.53 bits per heavy atom. The highest BCUT2D eigenvalue weighted by molar-refractivity contribution is 7.90. The summed E-state index contributed by atoms with van der Waals surface area (Å²) in [6.07, 6.45) is 3.59. The van der Waals surface area contributed by atoms with Crippen LogP contribution in [0.15, 0.2) is 0 Å². The lowest BCUT2D eigenvalue weighted by atomic mass is 10.2. The molecule has 1 amide bonds. The number of hydrogen-bond acceptors (Lipinski definition) is 4. The van der Waals surface area contributed by atoms with E-state index in [-0.39, 0.29) is 17.7 Å². The minimum absolute atomic E-state index is 0.0130. The number of sulfone groups is 1. The number of nitrogens with one attached hydrogen (secondary N) is 2. The molecule has 1 aliphatic rings. The molecule has 1 atom stereocenters. The molecule has 1 aliphatic heterocycles. The molecule has 15 heavy (non-hydrogen) atoms. The number of hydrogen-bond donors (Lipinski definition) is 2. The van der Waals surface area contributed by atoms with Gasteiger partial charge in [-0.2, -0.15) is 0 Å². The molecule has 0 aromatic heterocycles. The third kappa shape index (κ3) is 5.13. The van der Waals surface area contributed by atoms with E-state index in [2.05, 4.69) is 10.6 Å². The molecule has 2 N–H and O–H groups in total. The highest BCUT2D eigenvalue weighted by atomic mass is 32.2. The Bertz CT molecular complexity index is 307. The van der Waals surface area contributed by atoms with Gasteiger partial charge in [0, 0.05) is 12.8 Å². The van der Waals surface area contributed by atoms with Gasteiger partial charge in [-0.15, -0.1) is 0 Å². The molecule has 0 bridgehead atoms. The summed E-state index contributed by atoms with van der Waals surface area (Å²) in [5.74, 6) is 0.117. The molecule has 1 rings (SSSR count). The molecule has 1 fully saturated rings. The molecule has 0 radical (unpaired) electrons. The fourth-order valence-corrected chi connectivity index (χ4v) is 2.25. The fraction of sp³-hybridized carbons (Fsp3) is 0.889. The van der Waals surface area contributed by atoms with E-state index >= 15 is 0 Å². The third-order valence-corrected chi connectivity index (χ3v) is 3.40. The van der Waals surface area contributed by atoms with E-state index < -0.39 is 9.84 Å². The van der Waals surface area contributed by atoms with Crippen LogP contribution < -0.4 is 10.6 Å². The van der Waals surface area contributed by atoms with E-state index in [4.69, 9.17) is 0 Å². The zero-order valence-electron chi connectivity index (χ0n) is 8.95. The van der Waals surface area contributed by atoms with Crippen LogP contribution in [-0.2, 0) is 14.6 Å². The van der Waals surface area contributed by atoms with Crippen molar-refractivity contribution in [3.63, 3.8) is 0 Å². The monoisotopic (exact) mass is 234 g/mol. The lowest BCUT2D eigenvalue weighted by molar-refractivity contribution is -0.122. The lowest BCUT2D eigenvalue weighted by Crippen LogP contribution is -2.41. The molecule has 0 aromatic rings. The first kappa shape index (κ1) is 12.4. The van der Waals surface area contributed by atoms with Crippen molar-refractivity contribution in [3.8, 4) is 0 Å².